The molecule has 0 spiro atoms. The van der Waals surface area contributed by atoms with Gasteiger partial charge in [-0.25, -0.2) is 0 Å². The molecule has 1 unspecified atom stereocenters. The lowest BCUT2D eigenvalue weighted by Gasteiger charge is -2.13. The number of carbonyl (C=O) groups excluding carboxylic acids is 2. The molecule has 1 fully saturated rings. The minimum absolute atomic E-state index is 0.0144. The van der Waals surface area contributed by atoms with E-state index in [0.29, 0.717) is 18.9 Å². The Morgan fingerprint density at radius 1 is 1.42 bits per heavy atom. The quantitative estimate of drug-likeness (QED) is 0.823. The van der Waals surface area contributed by atoms with Crippen LogP contribution < -0.4 is 4.90 Å². The molecule has 1 atom stereocenters. The first-order valence-electron chi connectivity index (χ1n) is 6.09. The van der Waals surface area contributed by atoms with Crippen LogP contribution in [0.25, 0.3) is 0 Å². The predicted molar refractivity (Wildman–Crippen MR) is 72.0 cm³/mol. The maximum absolute atomic E-state index is 11.9. The first kappa shape index (κ1) is 14.0. The Bertz CT molecular complexity index is 507. The van der Waals surface area contributed by atoms with Crippen LogP contribution >= 0.6 is 11.8 Å². The zero-order valence-corrected chi connectivity index (χ0v) is 12.3. The molecule has 2 heterocycles. The fraction of sp³-hybridized carbons (Fsp3) is 0.667. The van der Waals surface area contributed by atoms with E-state index in [1.807, 2.05) is 20.8 Å². The van der Waals surface area contributed by atoms with Gasteiger partial charge in [-0.3, -0.25) is 14.5 Å². The Morgan fingerprint density at radius 2 is 2.11 bits per heavy atom. The molecule has 7 heteroatoms. The number of hydrogen-bond donors (Lipinski definition) is 0. The van der Waals surface area contributed by atoms with Crippen molar-refractivity contribution in [2.75, 3.05) is 11.4 Å². The van der Waals surface area contributed by atoms with Crippen molar-refractivity contribution < 1.29 is 14.0 Å². The molecule has 1 aliphatic rings. The summed E-state index contributed by atoms with van der Waals surface area (Å²) in [5, 5.41) is 7.87. The van der Waals surface area contributed by atoms with Crippen LogP contribution in [-0.2, 0) is 15.0 Å². The van der Waals surface area contributed by atoms with Crippen molar-refractivity contribution in [3.05, 3.63) is 5.89 Å². The van der Waals surface area contributed by atoms with Crippen LogP contribution in [0.2, 0.25) is 0 Å². The van der Waals surface area contributed by atoms with Gasteiger partial charge in [0.25, 0.3) is 0 Å². The maximum atomic E-state index is 11.9. The van der Waals surface area contributed by atoms with Gasteiger partial charge in [0.2, 0.25) is 11.8 Å². The molecule has 1 saturated heterocycles. The zero-order chi connectivity index (χ0) is 14.2. The van der Waals surface area contributed by atoms with Gasteiger partial charge < -0.3 is 4.42 Å². The molecule has 1 aromatic rings. The van der Waals surface area contributed by atoms with Gasteiger partial charge in [0, 0.05) is 30.6 Å². The second kappa shape index (κ2) is 4.96. The zero-order valence-electron chi connectivity index (χ0n) is 11.5. The monoisotopic (exact) mass is 283 g/mol. The summed E-state index contributed by atoms with van der Waals surface area (Å²) in [6.07, 6.45) is 0.331. The van der Waals surface area contributed by atoms with Crippen LogP contribution in [0.1, 0.15) is 40.0 Å². The van der Waals surface area contributed by atoms with Crippen molar-refractivity contribution in [1.82, 2.24) is 10.2 Å². The molecule has 1 aliphatic heterocycles. The number of nitrogens with zero attached hydrogens (tertiary/aromatic N) is 3. The summed E-state index contributed by atoms with van der Waals surface area (Å²) in [4.78, 5) is 24.4. The number of thioether (sulfide) groups is 1. The lowest BCUT2D eigenvalue weighted by atomic mass is 9.97. The van der Waals surface area contributed by atoms with Crippen LogP contribution in [0.15, 0.2) is 4.42 Å². The molecule has 1 aromatic heterocycles. The van der Waals surface area contributed by atoms with E-state index in [1.165, 1.54) is 23.6 Å². The lowest BCUT2D eigenvalue weighted by Crippen LogP contribution is -2.25. The van der Waals surface area contributed by atoms with E-state index in [0.717, 1.165) is 0 Å². The summed E-state index contributed by atoms with van der Waals surface area (Å²) in [5.74, 6) is 0.417. The Balaban J connectivity index is 2.12. The minimum atomic E-state index is -0.248. The highest BCUT2D eigenvalue weighted by Gasteiger charge is 2.35. The van der Waals surface area contributed by atoms with Crippen LogP contribution in [0.4, 0.5) is 6.01 Å². The number of hydrogen-bond acceptors (Lipinski definition) is 6. The number of carbonyl (C=O) groups is 2. The van der Waals surface area contributed by atoms with Crippen LogP contribution in [0, 0.1) is 0 Å². The smallest absolute Gasteiger partial charge is 0.325 e. The molecule has 0 saturated carbocycles. The Labute approximate surface area is 115 Å². The summed E-state index contributed by atoms with van der Waals surface area (Å²) < 4.78 is 5.54. The highest BCUT2D eigenvalue weighted by molar-refractivity contribution is 8.14. The molecule has 0 radical (unpaired) electrons. The van der Waals surface area contributed by atoms with Gasteiger partial charge >= 0.3 is 6.01 Å². The second-order valence-corrected chi connectivity index (χ2v) is 7.06. The molecular weight excluding hydrogens is 266 g/mol. The largest absolute Gasteiger partial charge is 0.407 e. The Morgan fingerprint density at radius 3 is 2.63 bits per heavy atom. The summed E-state index contributed by atoms with van der Waals surface area (Å²) in [6, 6.07) is 0.224. The highest BCUT2D eigenvalue weighted by Crippen LogP contribution is 2.30. The third-order valence-electron chi connectivity index (χ3n) is 2.71. The van der Waals surface area contributed by atoms with Gasteiger partial charge in [-0.15, -0.1) is 5.10 Å². The van der Waals surface area contributed by atoms with Crippen molar-refractivity contribution in [3.63, 3.8) is 0 Å². The van der Waals surface area contributed by atoms with E-state index in [4.69, 9.17) is 4.42 Å². The number of amides is 1. The topological polar surface area (TPSA) is 76.3 Å². The fourth-order valence-corrected chi connectivity index (χ4v) is 2.72. The second-order valence-electron chi connectivity index (χ2n) is 5.58. The van der Waals surface area contributed by atoms with Gasteiger partial charge in [-0.1, -0.05) is 37.6 Å². The molecule has 0 aromatic carbocycles. The van der Waals surface area contributed by atoms with E-state index in [2.05, 4.69) is 10.2 Å². The highest BCUT2D eigenvalue weighted by atomic mass is 32.2. The minimum Gasteiger partial charge on any atom is -0.407 e. The number of aromatic nitrogens is 2. The average Bonchev–Trinajstić information content (AvgIpc) is 2.82. The fourth-order valence-electron chi connectivity index (χ4n) is 1.80. The third-order valence-corrected chi connectivity index (χ3v) is 3.69. The molecule has 1 amide bonds. The summed E-state index contributed by atoms with van der Waals surface area (Å²) in [7, 11) is 0. The van der Waals surface area contributed by atoms with E-state index in [1.54, 1.807) is 0 Å². The predicted octanol–water partition coefficient (Wildman–Crippen LogP) is 1.75. The SMILES string of the molecule is CC(=O)SC1CC(=O)N(c2nnc(C(C)(C)C)o2)C1. The van der Waals surface area contributed by atoms with E-state index in [9.17, 15) is 9.59 Å². The molecule has 6 nitrogen and oxygen atoms in total. The summed E-state index contributed by atoms with van der Waals surface area (Å²) in [6.45, 7) is 7.83. The van der Waals surface area contributed by atoms with Crippen molar-refractivity contribution in [3.8, 4) is 0 Å². The molecule has 2 rings (SSSR count). The van der Waals surface area contributed by atoms with Crippen LogP contribution in [-0.4, -0.2) is 33.0 Å². The first-order chi connectivity index (χ1) is 8.77. The Kier molecular flexibility index (Phi) is 3.66. The van der Waals surface area contributed by atoms with E-state index in [-0.39, 0.29) is 27.7 Å². The van der Waals surface area contributed by atoms with Crippen molar-refractivity contribution in [2.24, 2.45) is 0 Å². The van der Waals surface area contributed by atoms with E-state index < -0.39 is 0 Å². The van der Waals surface area contributed by atoms with Crippen molar-refractivity contribution in [2.45, 2.75) is 44.8 Å². The Hall–Kier alpha value is -1.37. The van der Waals surface area contributed by atoms with Gasteiger partial charge in [0.05, 0.1) is 0 Å². The molecule has 104 valence electrons. The molecular formula is C12H17N3O3S. The van der Waals surface area contributed by atoms with Gasteiger partial charge in [0.1, 0.15) is 0 Å². The molecule has 0 bridgehead atoms. The average molecular weight is 283 g/mol. The van der Waals surface area contributed by atoms with Gasteiger partial charge in [-0.05, 0) is 0 Å². The molecule has 0 aliphatic carbocycles. The standard InChI is InChI=1S/C12H17N3O3S/c1-7(16)19-8-5-9(17)15(6-8)11-14-13-10(18-11)12(2,3)4/h8H,5-6H2,1-4H3. The maximum Gasteiger partial charge on any atom is 0.325 e. The van der Waals surface area contributed by atoms with Crippen molar-refractivity contribution >= 4 is 28.8 Å². The number of anilines is 1. The van der Waals surface area contributed by atoms with Crippen LogP contribution in [0.5, 0.6) is 0 Å². The normalized spacial score (nSPS) is 20.1. The number of rotatable bonds is 2. The summed E-state index contributed by atoms with van der Waals surface area (Å²) in [5.41, 5.74) is -0.248. The first-order valence-corrected chi connectivity index (χ1v) is 6.97. The summed E-state index contributed by atoms with van der Waals surface area (Å²) >= 11 is 1.19. The van der Waals surface area contributed by atoms with Gasteiger partial charge in [0.15, 0.2) is 5.12 Å². The molecule has 19 heavy (non-hydrogen) atoms. The van der Waals surface area contributed by atoms with Crippen molar-refractivity contribution in [1.29, 1.82) is 0 Å². The van der Waals surface area contributed by atoms with E-state index >= 15 is 0 Å². The molecule has 0 N–H and O–H groups in total. The van der Waals surface area contributed by atoms with Gasteiger partial charge in [-0.2, -0.15) is 0 Å². The third kappa shape index (κ3) is 3.15. The van der Waals surface area contributed by atoms with Crippen LogP contribution in [0.3, 0.4) is 0 Å². The lowest BCUT2D eigenvalue weighted by molar-refractivity contribution is -0.117.